The zero-order valence-corrected chi connectivity index (χ0v) is 26.8. The van der Waals surface area contributed by atoms with Gasteiger partial charge in [-0.25, -0.2) is 9.59 Å². The first-order valence-electron chi connectivity index (χ1n) is 15.6. The Morgan fingerprint density at radius 1 is 0.857 bits per heavy atom. The molecule has 10 nitrogen and oxygen atoms in total. The van der Waals surface area contributed by atoms with Crippen molar-refractivity contribution >= 4 is 39.6 Å². The van der Waals surface area contributed by atoms with E-state index in [0.29, 0.717) is 16.7 Å². The molecule has 3 heterocycles. The Morgan fingerprint density at radius 3 is 2.16 bits per heavy atom. The maximum Gasteiger partial charge on any atom is 0.356 e. The van der Waals surface area contributed by atoms with Gasteiger partial charge in [0.25, 0.3) is 5.91 Å². The third-order valence-electron chi connectivity index (χ3n) is 8.36. The third kappa shape index (κ3) is 6.66. The lowest BCUT2D eigenvalue weighted by atomic mass is 10.0. The molecule has 1 saturated heterocycles. The molecule has 5 aromatic rings. The number of esters is 1. The summed E-state index contributed by atoms with van der Waals surface area (Å²) in [6.45, 7) is -0.207. The summed E-state index contributed by atoms with van der Waals surface area (Å²) in [7, 11) is -1.69. The molecule has 49 heavy (non-hydrogen) atoms. The van der Waals surface area contributed by atoms with Crippen LogP contribution in [0.4, 0.5) is 0 Å². The summed E-state index contributed by atoms with van der Waals surface area (Å²) in [5, 5.41) is 2.44. The van der Waals surface area contributed by atoms with Gasteiger partial charge >= 0.3 is 11.6 Å². The van der Waals surface area contributed by atoms with Crippen molar-refractivity contribution in [3.8, 4) is 5.75 Å². The molecule has 4 aromatic carbocycles. The van der Waals surface area contributed by atoms with Crippen molar-refractivity contribution in [1.29, 1.82) is 0 Å². The largest absolute Gasteiger partial charge is 0.489 e. The average Bonchev–Trinajstić information content (AvgIpc) is 3.12. The lowest BCUT2D eigenvalue weighted by molar-refractivity contribution is -0.155. The molecule has 0 bridgehead atoms. The molecule has 2 aliphatic heterocycles. The van der Waals surface area contributed by atoms with E-state index in [2.05, 4.69) is 5.32 Å². The van der Waals surface area contributed by atoms with Gasteiger partial charge in [0.2, 0.25) is 5.91 Å². The number of ether oxygens (including phenoxy) is 2. The van der Waals surface area contributed by atoms with E-state index in [4.69, 9.17) is 13.9 Å². The molecule has 2 amide bonds. The summed E-state index contributed by atoms with van der Waals surface area (Å²) >= 11 is 0. The van der Waals surface area contributed by atoms with E-state index in [0.717, 1.165) is 16.7 Å². The number of benzene rings is 4. The van der Waals surface area contributed by atoms with Gasteiger partial charge in [0.1, 0.15) is 35.1 Å². The normalized spacial score (nSPS) is 18.5. The fourth-order valence-corrected chi connectivity index (χ4v) is 7.67. The van der Waals surface area contributed by atoms with E-state index >= 15 is 0 Å². The van der Waals surface area contributed by atoms with Crippen LogP contribution in [0.3, 0.4) is 0 Å². The van der Waals surface area contributed by atoms with Crippen LogP contribution in [-0.4, -0.2) is 50.7 Å². The van der Waals surface area contributed by atoms with Crippen molar-refractivity contribution in [3.63, 3.8) is 0 Å². The van der Waals surface area contributed by atoms with Crippen LogP contribution in [0.25, 0.3) is 11.0 Å². The van der Waals surface area contributed by atoms with E-state index in [1.807, 2.05) is 78.9 Å². The minimum Gasteiger partial charge on any atom is -0.489 e. The van der Waals surface area contributed by atoms with Gasteiger partial charge in [0.15, 0.2) is 6.10 Å². The molecule has 0 spiro atoms. The second kappa shape index (κ2) is 13.7. The summed E-state index contributed by atoms with van der Waals surface area (Å²) in [6, 6.07) is 34.3. The zero-order chi connectivity index (χ0) is 33.9. The lowest BCUT2D eigenvalue weighted by Gasteiger charge is -2.49. The summed E-state index contributed by atoms with van der Waals surface area (Å²) in [6.07, 6.45) is -0.772. The highest BCUT2D eigenvalue weighted by atomic mass is 32.2. The van der Waals surface area contributed by atoms with Crippen LogP contribution in [0.2, 0.25) is 0 Å². The molecular formula is C38H30N2O8S. The molecule has 3 atom stereocenters. The van der Waals surface area contributed by atoms with Gasteiger partial charge in [-0.05, 0) is 34.9 Å². The number of fused-ring (bicyclic) bond motifs is 2. The van der Waals surface area contributed by atoms with Gasteiger partial charge < -0.3 is 19.2 Å². The number of nitrogens with one attached hydrogen (secondary N) is 1. The van der Waals surface area contributed by atoms with Gasteiger partial charge in [0.05, 0.1) is 23.0 Å². The Kier molecular flexibility index (Phi) is 8.91. The average molecular weight is 675 g/mol. The van der Waals surface area contributed by atoms with Crippen molar-refractivity contribution < 1.29 is 32.5 Å². The van der Waals surface area contributed by atoms with E-state index in [1.165, 1.54) is 11.0 Å². The number of β-lactam (4-membered cyclic amide) rings is 1. The highest BCUT2D eigenvalue weighted by molar-refractivity contribution is 7.86. The standard InChI is InChI=1S/C38H30N2O8S/c41-31(20-24-10-4-1-5-11-24)39-33-36(43)40-34(38(44)48-35(26-12-6-2-7-13-26)27-14-8-3-9-15-27)28(23-49(45)37(33)40)22-46-29-18-16-25-17-19-32(42)47-30(25)21-29/h1-19,21,33,35,37H,20,22-23H2,(H,39,41)/t33-,37-,49?/m1/s1. The number of hydrogen-bond donors (Lipinski definition) is 1. The van der Waals surface area contributed by atoms with Crippen LogP contribution in [0.1, 0.15) is 22.8 Å². The SMILES string of the molecule is O=C(Cc1ccccc1)N[C@@H]1C(=O)N2C(C(=O)OC(c3ccccc3)c3ccccc3)=C(COc3ccc4ccc(=O)oc4c3)CS(=O)[C@H]12. The first-order valence-corrected chi connectivity index (χ1v) is 17.0. The first kappa shape index (κ1) is 31.8. The van der Waals surface area contributed by atoms with E-state index in [-0.39, 0.29) is 30.1 Å². The van der Waals surface area contributed by atoms with Crippen LogP contribution >= 0.6 is 0 Å². The van der Waals surface area contributed by atoms with E-state index < -0.39 is 51.7 Å². The maximum atomic E-state index is 14.2. The Balaban J connectivity index is 1.20. The molecule has 1 unspecified atom stereocenters. The van der Waals surface area contributed by atoms with Crippen LogP contribution in [-0.2, 0) is 36.3 Å². The predicted molar refractivity (Wildman–Crippen MR) is 182 cm³/mol. The lowest BCUT2D eigenvalue weighted by Crippen LogP contribution is -2.73. The Hall–Kier alpha value is -5.81. The quantitative estimate of drug-likeness (QED) is 0.131. The highest BCUT2D eigenvalue weighted by Gasteiger charge is 2.57. The number of hydrogen-bond acceptors (Lipinski definition) is 8. The van der Waals surface area contributed by atoms with Crippen LogP contribution in [0.5, 0.6) is 5.75 Å². The topological polar surface area (TPSA) is 132 Å². The van der Waals surface area contributed by atoms with Gasteiger partial charge in [-0.1, -0.05) is 91.0 Å². The molecule has 11 heteroatoms. The number of nitrogens with zero attached hydrogens (tertiary/aromatic N) is 1. The Bertz CT molecular complexity index is 2110. The Labute approximate surface area is 283 Å². The smallest absolute Gasteiger partial charge is 0.356 e. The second-order valence-electron chi connectivity index (χ2n) is 11.6. The minimum absolute atomic E-state index is 0.0372. The van der Waals surface area contributed by atoms with Gasteiger partial charge in [-0.3, -0.25) is 18.7 Å². The summed E-state index contributed by atoms with van der Waals surface area (Å²) in [5.74, 6) is -1.55. The molecule has 1 aromatic heterocycles. The van der Waals surface area contributed by atoms with Crippen molar-refractivity contribution in [2.45, 2.75) is 23.9 Å². The van der Waals surface area contributed by atoms with Crippen LogP contribution in [0, 0.1) is 0 Å². The van der Waals surface area contributed by atoms with Gasteiger partial charge in [-0.15, -0.1) is 0 Å². The molecular weight excluding hydrogens is 644 g/mol. The predicted octanol–water partition coefficient (Wildman–Crippen LogP) is 4.42. The van der Waals surface area contributed by atoms with Crippen LogP contribution in [0.15, 0.2) is 142 Å². The summed E-state index contributed by atoms with van der Waals surface area (Å²) < 4.78 is 31.2. The fraction of sp³-hybridized carbons (Fsp3) is 0.158. The number of rotatable bonds is 10. The number of amides is 2. The first-order chi connectivity index (χ1) is 23.9. The summed E-state index contributed by atoms with van der Waals surface area (Å²) in [5.41, 5.74) is 2.21. The molecule has 1 N–H and O–H groups in total. The highest BCUT2D eigenvalue weighted by Crippen LogP contribution is 2.37. The van der Waals surface area contributed by atoms with Gasteiger partial charge in [0, 0.05) is 23.1 Å². The Morgan fingerprint density at radius 2 is 1.49 bits per heavy atom. The third-order valence-corrected chi connectivity index (χ3v) is 10.0. The zero-order valence-electron chi connectivity index (χ0n) is 26.0. The van der Waals surface area contributed by atoms with Gasteiger partial charge in [-0.2, -0.15) is 0 Å². The maximum absolute atomic E-state index is 14.2. The number of carbonyl (C=O) groups excluding carboxylic acids is 3. The minimum atomic E-state index is -1.69. The van der Waals surface area contributed by atoms with Crippen molar-refractivity contribution in [3.05, 3.63) is 160 Å². The molecule has 2 aliphatic rings. The van der Waals surface area contributed by atoms with Crippen molar-refractivity contribution in [2.75, 3.05) is 12.4 Å². The molecule has 0 saturated carbocycles. The monoisotopic (exact) mass is 674 g/mol. The van der Waals surface area contributed by atoms with Crippen molar-refractivity contribution in [1.82, 2.24) is 10.2 Å². The summed E-state index contributed by atoms with van der Waals surface area (Å²) in [4.78, 5) is 53.8. The molecule has 0 radical (unpaired) electrons. The molecule has 0 aliphatic carbocycles. The van der Waals surface area contributed by atoms with E-state index in [1.54, 1.807) is 36.4 Å². The second-order valence-corrected chi connectivity index (χ2v) is 13.2. The molecule has 1 fully saturated rings. The molecule has 246 valence electrons. The van der Waals surface area contributed by atoms with E-state index in [9.17, 15) is 23.4 Å². The fourth-order valence-electron chi connectivity index (χ4n) is 6.01. The number of carbonyl (C=O) groups is 3. The molecule has 7 rings (SSSR count). The van der Waals surface area contributed by atoms with Crippen molar-refractivity contribution in [2.24, 2.45) is 0 Å². The van der Waals surface area contributed by atoms with Crippen LogP contribution < -0.4 is 15.7 Å².